The minimum atomic E-state index is -0.592. The molecule has 0 fully saturated rings. The van der Waals surface area contributed by atoms with Crippen LogP contribution >= 0.6 is 0 Å². The van der Waals surface area contributed by atoms with Gasteiger partial charge in [0.1, 0.15) is 12.4 Å². The van der Waals surface area contributed by atoms with E-state index in [0.29, 0.717) is 0 Å². The minimum absolute atomic E-state index is 0.0219. The lowest BCUT2D eigenvalue weighted by molar-refractivity contribution is 0.0929. The van der Waals surface area contributed by atoms with Crippen molar-refractivity contribution in [2.75, 3.05) is 13.2 Å². The summed E-state index contributed by atoms with van der Waals surface area (Å²) < 4.78 is 5.07. The number of hydrogen-bond acceptors (Lipinski definition) is 6. The molecule has 2 rings (SSSR count). The number of amides is 2. The number of phenolic OH excluding ortho intramolecular Hbond substituents is 1. The van der Waals surface area contributed by atoms with Gasteiger partial charge in [0, 0.05) is 16.6 Å². The van der Waals surface area contributed by atoms with Gasteiger partial charge < -0.3 is 26.2 Å². The van der Waals surface area contributed by atoms with E-state index >= 15 is 0 Å². The predicted molar refractivity (Wildman–Crippen MR) is 103 cm³/mol. The van der Waals surface area contributed by atoms with Gasteiger partial charge in [-0.15, -0.1) is 0 Å². The van der Waals surface area contributed by atoms with Crippen molar-refractivity contribution < 1.29 is 19.4 Å². The van der Waals surface area contributed by atoms with Crippen LogP contribution in [0.4, 0.5) is 10.5 Å². The number of carbonyl (C=O) groups is 2. The normalized spacial score (nSPS) is 20.0. The molecule has 5 N–H and O–H groups in total. The number of azide groups is 1. The monoisotopic (exact) mass is 388 g/mol. The molecule has 1 aromatic carbocycles. The lowest BCUT2D eigenvalue weighted by Crippen LogP contribution is -2.47. The Bertz CT molecular complexity index is 775. The van der Waals surface area contributed by atoms with Gasteiger partial charge in [-0.1, -0.05) is 29.8 Å². The van der Waals surface area contributed by atoms with Crippen molar-refractivity contribution in [3.8, 4) is 5.75 Å². The van der Waals surface area contributed by atoms with Crippen LogP contribution in [0.2, 0.25) is 0 Å². The summed E-state index contributed by atoms with van der Waals surface area (Å²) in [7, 11) is 0. The van der Waals surface area contributed by atoms with Crippen LogP contribution in [0.5, 0.6) is 5.75 Å². The third kappa shape index (κ3) is 6.49. The largest absolute Gasteiger partial charge is 0.507 e. The van der Waals surface area contributed by atoms with E-state index in [-0.39, 0.29) is 42.2 Å². The number of nitrogens with zero attached hydrogens (tertiary/aromatic N) is 3. The number of alkyl carbamates (subject to hydrolysis) is 1. The van der Waals surface area contributed by atoms with Gasteiger partial charge in [0.25, 0.3) is 5.91 Å². The van der Waals surface area contributed by atoms with E-state index < -0.39 is 12.0 Å². The van der Waals surface area contributed by atoms with Crippen molar-refractivity contribution in [2.45, 2.75) is 37.8 Å². The van der Waals surface area contributed by atoms with Crippen LogP contribution < -0.4 is 16.4 Å². The number of carbonyl (C=O) groups excluding carboxylic acids is 2. The Morgan fingerprint density at radius 1 is 1.39 bits per heavy atom. The summed E-state index contributed by atoms with van der Waals surface area (Å²) >= 11 is 0. The van der Waals surface area contributed by atoms with Crippen molar-refractivity contribution in [3.63, 3.8) is 0 Å². The number of phenols is 1. The molecule has 0 bridgehead atoms. The molecular formula is C18H24N6O4. The molecule has 10 nitrogen and oxygen atoms in total. The second-order valence-corrected chi connectivity index (χ2v) is 6.32. The number of benzene rings is 1. The summed E-state index contributed by atoms with van der Waals surface area (Å²) in [6.07, 6.45) is 7.12. The van der Waals surface area contributed by atoms with E-state index in [9.17, 15) is 14.7 Å². The molecule has 0 saturated heterocycles. The fourth-order valence-electron chi connectivity index (χ4n) is 2.80. The van der Waals surface area contributed by atoms with Gasteiger partial charge >= 0.3 is 6.09 Å². The van der Waals surface area contributed by atoms with E-state index in [1.807, 2.05) is 12.2 Å². The number of allylic oxidation sites excluding steroid dienone is 1. The van der Waals surface area contributed by atoms with Crippen LogP contribution in [-0.2, 0) is 4.74 Å². The summed E-state index contributed by atoms with van der Waals surface area (Å²) in [5.74, 6) is -0.853. The highest BCUT2D eigenvalue weighted by Gasteiger charge is 2.19. The fourth-order valence-corrected chi connectivity index (χ4v) is 2.80. The molecule has 1 aromatic rings. The summed E-state index contributed by atoms with van der Waals surface area (Å²) in [5, 5.41) is 18.5. The molecule has 0 aliphatic heterocycles. The van der Waals surface area contributed by atoms with Crippen LogP contribution in [0.15, 0.2) is 35.5 Å². The first-order chi connectivity index (χ1) is 13.5. The minimum Gasteiger partial charge on any atom is -0.507 e. The average molecular weight is 388 g/mol. The Morgan fingerprint density at radius 2 is 2.21 bits per heavy atom. The Hall–Kier alpha value is -3.23. The van der Waals surface area contributed by atoms with Gasteiger partial charge in [0.05, 0.1) is 18.2 Å². The molecule has 0 saturated carbocycles. The quantitative estimate of drug-likeness (QED) is 0.193. The van der Waals surface area contributed by atoms with E-state index in [1.165, 1.54) is 18.2 Å². The van der Waals surface area contributed by atoms with Crippen LogP contribution in [0.1, 0.15) is 36.0 Å². The average Bonchev–Trinajstić information content (AvgIpc) is 2.65. The van der Waals surface area contributed by atoms with Crippen LogP contribution in [0, 0.1) is 0 Å². The number of aromatic hydroxyl groups is 1. The number of rotatable bonds is 6. The van der Waals surface area contributed by atoms with Gasteiger partial charge in [-0.25, -0.2) is 4.79 Å². The molecule has 1 aliphatic carbocycles. The van der Waals surface area contributed by atoms with E-state index in [4.69, 9.17) is 16.0 Å². The smallest absolute Gasteiger partial charge is 0.407 e. The van der Waals surface area contributed by atoms with E-state index in [0.717, 1.165) is 25.7 Å². The van der Waals surface area contributed by atoms with Crippen LogP contribution in [0.25, 0.3) is 10.4 Å². The second-order valence-electron chi connectivity index (χ2n) is 6.32. The Morgan fingerprint density at radius 3 is 2.96 bits per heavy atom. The molecule has 2 amide bonds. The van der Waals surface area contributed by atoms with Crippen LogP contribution in [-0.4, -0.2) is 42.3 Å². The standard InChI is InChI=1S/C18H24N6O4/c19-14-5-3-1-2-4-6-15(14)22-18(27)28-10-9-21-17(26)13-8-7-12(23-24-20)11-16(13)25/h3,5,7-8,11,14-15,25H,1-2,4,6,9-10,19H2,(H,21,26)(H,22,27)/b5-3+/t14-,15-/m1/s1. The lowest BCUT2D eigenvalue weighted by Gasteiger charge is -2.24. The zero-order valence-electron chi connectivity index (χ0n) is 15.4. The maximum absolute atomic E-state index is 12.1. The number of nitrogens with two attached hydrogens (primary N) is 1. The van der Waals surface area contributed by atoms with Gasteiger partial charge in [-0.2, -0.15) is 0 Å². The molecule has 28 heavy (non-hydrogen) atoms. The highest BCUT2D eigenvalue weighted by Crippen LogP contribution is 2.23. The predicted octanol–water partition coefficient (Wildman–Crippen LogP) is 2.62. The number of hydrogen-bond donors (Lipinski definition) is 4. The molecule has 1 aliphatic rings. The van der Waals surface area contributed by atoms with Gasteiger partial charge in [0.15, 0.2) is 0 Å². The summed E-state index contributed by atoms with van der Waals surface area (Å²) in [6.45, 7) is 0.0351. The Balaban J connectivity index is 1.75. The molecular weight excluding hydrogens is 364 g/mol. The first-order valence-electron chi connectivity index (χ1n) is 9.03. The van der Waals surface area contributed by atoms with E-state index in [2.05, 4.69) is 20.7 Å². The van der Waals surface area contributed by atoms with Crippen molar-refractivity contribution in [1.29, 1.82) is 0 Å². The van der Waals surface area contributed by atoms with Gasteiger partial charge in [0.2, 0.25) is 0 Å². The first-order valence-corrected chi connectivity index (χ1v) is 9.03. The topological polar surface area (TPSA) is 162 Å². The van der Waals surface area contributed by atoms with Gasteiger partial charge in [-0.3, -0.25) is 4.79 Å². The van der Waals surface area contributed by atoms with Crippen LogP contribution in [0.3, 0.4) is 0 Å². The lowest BCUT2D eigenvalue weighted by atomic mass is 9.98. The molecule has 2 atom stereocenters. The SMILES string of the molecule is [N-]=[N+]=Nc1ccc(C(=O)NCCOC(=O)N[C@@H]2CCCC/C=C/[C@H]2N)c(O)c1. The molecule has 150 valence electrons. The van der Waals surface area contributed by atoms with E-state index in [1.54, 1.807) is 0 Å². The Labute approximate surface area is 162 Å². The first kappa shape index (κ1) is 21.1. The molecule has 0 radical (unpaired) electrons. The molecule has 0 spiro atoms. The zero-order valence-corrected chi connectivity index (χ0v) is 15.4. The molecule has 10 heteroatoms. The second kappa shape index (κ2) is 10.8. The summed E-state index contributed by atoms with van der Waals surface area (Å²) in [6, 6.07) is 3.48. The molecule has 0 unspecified atom stereocenters. The third-order valence-corrected chi connectivity index (χ3v) is 4.27. The fraction of sp³-hybridized carbons (Fsp3) is 0.444. The zero-order chi connectivity index (χ0) is 20.4. The highest BCUT2D eigenvalue weighted by atomic mass is 16.5. The Kier molecular flexibility index (Phi) is 8.13. The number of nitrogens with one attached hydrogen (secondary N) is 2. The molecule has 0 aromatic heterocycles. The third-order valence-electron chi connectivity index (χ3n) is 4.27. The van der Waals surface area contributed by atoms with Crippen molar-refractivity contribution in [3.05, 3.63) is 46.4 Å². The highest BCUT2D eigenvalue weighted by molar-refractivity contribution is 5.97. The van der Waals surface area contributed by atoms with Crippen molar-refractivity contribution in [2.24, 2.45) is 10.8 Å². The maximum atomic E-state index is 12.1. The maximum Gasteiger partial charge on any atom is 0.407 e. The summed E-state index contributed by atoms with van der Waals surface area (Å²) in [5.41, 5.74) is 14.6. The van der Waals surface area contributed by atoms with Crippen molar-refractivity contribution >= 4 is 17.7 Å². The van der Waals surface area contributed by atoms with Crippen molar-refractivity contribution in [1.82, 2.24) is 10.6 Å². The number of ether oxygens (including phenoxy) is 1. The van der Waals surface area contributed by atoms with Gasteiger partial charge in [-0.05, 0) is 36.9 Å². The summed E-state index contributed by atoms with van der Waals surface area (Å²) in [4.78, 5) is 26.6. The molecule has 0 heterocycles.